The fourth-order valence-corrected chi connectivity index (χ4v) is 1.55. The lowest BCUT2D eigenvalue weighted by atomic mass is 10.0. The van der Waals surface area contributed by atoms with Gasteiger partial charge in [-0.15, -0.1) is 0 Å². The first-order valence-corrected chi connectivity index (χ1v) is 5.01. The van der Waals surface area contributed by atoms with E-state index in [1.165, 1.54) is 11.8 Å². The topological polar surface area (TPSA) is 9.23 Å². The molecule has 0 radical (unpaired) electrons. The van der Waals surface area contributed by atoms with Crippen LogP contribution >= 0.6 is 15.9 Å². The second-order valence-electron chi connectivity index (χ2n) is 3.12. The van der Waals surface area contributed by atoms with Crippen molar-refractivity contribution in [3.8, 4) is 5.75 Å². The number of hydrogen-bond donors (Lipinski definition) is 0. The Balaban J connectivity index is 3.10. The van der Waals surface area contributed by atoms with Crippen LogP contribution < -0.4 is 4.74 Å². The van der Waals surface area contributed by atoms with Gasteiger partial charge in [0.05, 0.1) is 6.26 Å². The van der Waals surface area contributed by atoms with E-state index in [2.05, 4.69) is 42.4 Å². The lowest BCUT2D eigenvalue weighted by Crippen LogP contribution is -1.92. The average molecular weight is 241 g/mol. The molecule has 0 heterocycles. The Morgan fingerprint density at radius 2 is 2.15 bits per heavy atom. The lowest BCUT2D eigenvalue weighted by molar-refractivity contribution is 0.473. The SMILES string of the molecule is C=COc1ccc(Br)cc1C(C)C. The molecular formula is C11H13BrO. The van der Waals surface area contributed by atoms with Crippen LogP contribution in [-0.2, 0) is 0 Å². The molecule has 0 bridgehead atoms. The normalized spacial score (nSPS) is 10.2. The first-order chi connectivity index (χ1) is 6.15. The van der Waals surface area contributed by atoms with Crippen molar-refractivity contribution in [3.05, 3.63) is 41.1 Å². The van der Waals surface area contributed by atoms with Gasteiger partial charge in [0.1, 0.15) is 5.75 Å². The highest BCUT2D eigenvalue weighted by molar-refractivity contribution is 9.10. The zero-order valence-corrected chi connectivity index (χ0v) is 9.47. The maximum absolute atomic E-state index is 5.30. The maximum atomic E-state index is 5.30. The molecule has 13 heavy (non-hydrogen) atoms. The third-order valence-corrected chi connectivity index (χ3v) is 2.30. The van der Waals surface area contributed by atoms with Gasteiger partial charge in [-0.2, -0.15) is 0 Å². The fraction of sp³-hybridized carbons (Fsp3) is 0.273. The van der Waals surface area contributed by atoms with Crippen molar-refractivity contribution in [3.63, 3.8) is 0 Å². The molecule has 1 rings (SSSR count). The van der Waals surface area contributed by atoms with E-state index in [0.29, 0.717) is 5.92 Å². The number of benzene rings is 1. The molecule has 0 aromatic heterocycles. The Morgan fingerprint density at radius 1 is 1.46 bits per heavy atom. The molecule has 0 aliphatic heterocycles. The zero-order chi connectivity index (χ0) is 9.84. The Hall–Kier alpha value is -0.760. The van der Waals surface area contributed by atoms with Gasteiger partial charge < -0.3 is 4.74 Å². The van der Waals surface area contributed by atoms with E-state index in [9.17, 15) is 0 Å². The summed E-state index contributed by atoms with van der Waals surface area (Å²) in [6.07, 6.45) is 1.45. The summed E-state index contributed by atoms with van der Waals surface area (Å²) in [6.45, 7) is 7.82. The van der Waals surface area contributed by atoms with Crippen molar-refractivity contribution < 1.29 is 4.74 Å². The van der Waals surface area contributed by atoms with Crippen LogP contribution in [0.25, 0.3) is 0 Å². The molecule has 1 aromatic carbocycles. The molecule has 0 N–H and O–H groups in total. The predicted molar refractivity (Wildman–Crippen MR) is 59.1 cm³/mol. The summed E-state index contributed by atoms with van der Waals surface area (Å²) in [7, 11) is 0. The van der Waals surface area contributed by atoms with Crippen molar-refractivity contribution in [2.24, 2.45) is 0 Å². The van der Waals surface area contributed by atoms with E-state index in [0.717, 1.165) is 10.2 Å². The van der Waals surface area contributed by atoms with Gasteiger partial charge in [-0.25, -0.2) is 0 Å². The van der Waals surface area contributed by atoms with Crippen LogP contribution in [0, 0.1) is 0 Å². The molecule has 0 aliphatic rings. The van der Waals surface area contributed by atoms with Crippen LogP contribution in [0.4, 0.5) is 0 Å². The van der Waals surface area contributed by atoms with Gasteiger partial charge in [-0.1, -0.05) is 36.4 Å². The fourth-order valence-electron chi connectivity index (χ4n) is 1.17. The smallest absolute Gasteiger partial charge is 0.130 e. The second-order valence-corrected chi connectivity index (χ2v) is 4.04. The number of hydrogen-bond acceptors (Lipinski definition) is 1. The lowest BCUT2D eigenvalue weighted by Gasteiger charge is -2.11. The molecule has 0 amide bonds. The standard InChI is InChI=1S/C11H13BrO/c1-4-13-11-6-5-9(12)7-10(11)8(2)3/h4-8H,1H2,2-3H3. The van der Waals surface area contributed by atoms with E-state index in [-0.39, 0.29) is 0 Å². The highest BCUT2D eigenvalue weighted by Crippen LogP contribution is 2.29. The molecule has 0 aliphatic carbocycles. The highest BCUT2D eigenvalue weighted by atomic mass is 79.9. The first kappa shape index (κ1) is 10.3. The molecule has 0 atom stereocenters. The van der Waals surface area contributed by atoms with Crippen LogP contribution in [-0.4, -0.2) is 0 Å². The van der Waals surface area contributed by atoms with E-state index >= 15 is 0 Å². The number of rotatable bonds is 3. The van der Waals surface area contributed by atoms with Gasteiger partial charge in [0.25, 0.3) is 0 Å². The summed E-state index contributed by atoms with van der Waals surface area (Å²) in [5, 5.41) is 0. The third kappa shape index (κ3) is 2.59. The minimum atomic E-state index is 0.451. The summed E-state index contributed by atoms with van der Waals surface area (Å²) in [6, 6.07) is 5.98. The Morgan fingerprint density at radius 3 is 2.69 bits per heavy atom. The van der Waals surface area contributed by atoms with Gasteiger partial charge in [-0.3, -0.25) is 0 Å². The van der Waals surface area contributed by atoms with Crippen LogP contribution in [0.1, 0.15) is 25.3 Å². The largest absolute Gasteiger partial charge is 0.465 e. The maximum Gasteiger partial charge on any atom is 0.130 e. The van der Waals surface area contributed by atoms with Crippen LogP contribution in [0.3, 0.4) is 0 Å². The van der Waals surface area contributed by atoms with Crippen LogP contribution in [0.15, 0.2) is 35.5 Å². The quantitative estimate of drug-likeness (QED) is 0.724. The van der Waals surface area contributed by atoms with Gasteiger partial charge >= 0.3 is 0 Å². The van der Waals surface area contributed by atoms with Gasteiger partial charge in [0.2, 0.25) is 0 Å². The van der Waals surface area contributed by atoms with Crippen molar-refractivity contribution in [2.45, 2.75) is 19.8 Å². The molecule has 70 valence electrons. The zero-order valence-electron chi connectivity index (χ0n) is 7.88. The first-order valence-electron chi connectivity index (χ1n) is 4.22. The molecular weight excluding hydrogens is 228 g/mol. The minimum Gasteiger partial charge on any atom is -0.465 e. The van der Waals surface area contributed by atoms with Crippen LogP contribution in [0.5, 0.6) is 5.75 Å². The Labute approximate surface area is 87.5 Å². The van der Waals surface area contributed by atoms with Gasteiger partial charge in [0.15, 0.2) is 0 Å². The Bertz CT molecular complexity index is 305. The summed E-state index contributed by atoms with van der Waals surface area (Å²) in [4.78, 5) is 0. The predicted octanol–water partition coefficient (Wildman–Crippen LogP) is 4.09. The van der Waals surface area contributed by atoms with Crippen molar-refractivity contribution >= 4 is 15.9 Å². The van der Waals surface area contributed by atoms with E-state index in [4.69, 9.17) is 4.74 Å². The molecule has 1 aromatic rings. The minimum absolute atomic E-state index is 0.451. The van der Waals surface area contributed by atoms with E-state index < -0.39 is 0 Å². The summed E-state index contributed by atoms with van der Waals surface area (Å²) < 4.78 is 6.37. The van der Waals surface area contributed by atoms with Crippen molar-refractivity contribution in [1.82, 2.24) is 0 Å². The van der Waals surface area contributed by atoms with Crippen LogP contribution in [0.2, 0.25) is 0 Å². The molecule has 0 fully saturated rings. The summed E-state index contributed by atoms with van der Waals surface area (Å²) in [5.74, 6) is 1.33. The molecule has 0 spiro atoms. The number of ether oxygens (including phenoxy) is 1. The molecule has 0 unspecified atom stereocenters. The van der Waals surface area contributed by atoms with Crippen molar-refractivity contribution in [2.75, 3.05) is 0 Å². The molecule has 0 saturated carbocycles. The average Bonchev–Trinajstić information content (AvgIpc) is 2.08. The molecule has 2 heteroatoms. The Kier molecular flexibility index (Phi) is 3.55. The van der Waals surface area contributed by atoms with Gasteiger partial charge in [0, 0.05) is 4.47 Å². The van der Waals surface area contributed by atoms with E-state index in [1.807, 2.05) is 12.1 Å². The summed E-state index contributed by atoms with van der Waals surface area (Å²) >= 11 is 3.43. The molecule has 1 nitrogen and oxygen atoms in total. The summed E-state index contributed by atoms with van der Waals surface area (Å²) in [5.41, 5.74) is 1.19. The second kappa shape index (κ2) is 4.47. The van der Waals surface area contributed by atoms with E-state index in [1.54, 1.807) is 0 Å². The number of halogens is 1. The highest BCUT2D eigenvalue weighted by Gasteiger charge is 2.07. The van der Waals surface area contributed by atoms with Gasteiger partial charge in [-0.05, 0) is 29.7 Å². The third-order valence-electron chi connectivity index (χ3n) is 1.80. The van der Waals surface area contributed by atoms with Crippen molar-refractivity contribution in [1.29, 1.82) is 0 Å². The molecule has 0 saturated heterocycles. The monoisotopic (exact) mass is 240 g/mol.